The fourth-order valence-electron chi connectivity index (χ4n) is 0.663. The summed E-state index contributed by atoms with van der Waals surface area (Å²) in [5.41, 5.74) is 0. The third kappa shape index (κ3) is 5.40. The Balaban J connectivity index is 3.81. The van der Waals surface area contributed by atoms with E-state index in [-0.39, 0.29) is 12.3 Å². The Kier molecular flexibility index (Phi) is 4.94. The minimum Gasteiger partial charge on any atom is -0.302 e. The summed E-state index contributed by atoms with van der Waals surface area (Å²) < 4.78 is 28.5. The van der Waals surface area contributed by atoms with E-state index in [9.17, 15) is 8.76 Å². The van der Waals surface area contributed by atoms with Crippen molar-refractivity contribution in [2.45, 2.75) is 39.7 Å². The average Bonchev–Trinajstić information content (AvgIpc) is 1.86. The van der Waals surface area contributed by atoms with Gasteiger partial charge >= 0.3 is 7.68 Å². The topological polar surface area (TPSA) is 26.3 Å². The zero-order valence-electron chi connectivity index (χ0n) is 7.34. The molecule has 0 saturated carbocycles. The van der Waals surface area contributed by atoms with Crippen molar-refractivity contribution < 1.29 is 13.3 Å². The SMILES string of the molecule is CCCP(=O)(F)OC(C)CC. The Bertz CT molecular complexity index is 149. The summed E-state index contributed by atoms with van der Waals surface area (Å²) in [5, 5.41) is 0. The van der Waals surface area contributed by atoms with Gasteiger partial charge in [-0.25, -0.2) is 0 Å². The Morgan fingerprint density at radius 3 is 2.45 bits per heavy atom. The van der Waals surface area contributed by atoms with E-state index >= 15 is 0 Å². The molecule has 2 atom stereocenters. The van der Waals surface area contributed by atoms with Crippen LogP contribution in [-0.4, -0.2) is 12.3 Å². The van der Waals surface area contributed by atoms with E-state index in [2.05, 4.69) is 0 Å². The van der Waals surface area contributed by atoms with Crippen LogP contribution >= 0.6 is 7.68 Å². The normalized spacial score (nSPS) is 19.3. The highest BCUT2D eigenvalue weighted by Gasteiger charge is 2.22. The molecule has 0 aliphatic rings. The van der Waals surface area contributed by atoms with Crippen LogP contribution in [0.5, 0.6) is 0 Å². The maximum absolute atomic E-state index is 12.9. The van der Waals surface area contributed by atoms with E-state index in [4.69, 9.17) is 4.52 Å². The third-order valence-corrected chi connectivity index (χ3v) is 3.06. The predicted molar refractivity (Wildman–Crippen MR) is 44.7 cm³/mol. The van der Waals surface area contributed by atoms with Crippen molar-refractivity contribution in [3.05, 3.63) is 0 Å². The van der Waals surface area contributed by atoms with Crippen molar-refractivity contribution in [2.24, 2.45) is 0 Å². The maximum atomic E-state index is 12.9. The number of hydrogen-bond donors (Lipinski definition) is 0. The van der Waals surface area contributed by atoms with Crippen molar-refractivity contribution in [1.82, 2.24) is 0 Å². The van der Waals surface area contributed by atoms with E-state index < -0.39 is 7.68 Å². The summed E-state index contributed by atoms with van der Waals surface area (Å²) in [4.78, 5) is 0. The van der Waals surface area contributed by atoms with Gasteiger partial charge in [-0.1, -0.05) is 13.8 Å². The van der Waals surface area contributed by atoms with Crippen LogP contribution < -0.4 is 0 Å². The van der Waals surface area contributed by atoms with Gasteiger partial charge in [0.2, 0.25) is 0 Å². The number of rotatable bonds is 5. The van der Waals surface area contributed by atoms with Crippen molar-refractivity contribution in [2.75, 3.05) is 6.16 Å². The molecular formula is C7H16FO2P. The number of halogens is 1. The van der Waals surface area contributed by atoms with Crippen LogP contribution in [0.25, 0.3) is 0 Å². The molecule has 0 aliphatic heterocycles. The molecule has 0 spiro atoms. The fourth-order valence-corrected chi connectivity index (χ4v) is 1.99. The highest BCUT2D eigenvalue weighted by atomic mass is 31.2. The molecule has 11 heavy (non-hydrogen) atoms. The molecule has 0 aromatic heterocycles. The first-order valence-electron chi connectivity index (χ1n) is 3.99. The molecule has 0 aromatic carbocycles. The van der Waals surface area contributed by atoms with Gasteiger partial charge in [0, 0.05) is 0 Å². The minimum atomic E-state index is -3.77. The molecule has 0 N–H and O–H groups in total. The molecule has 0 aromatic rings. The van der Waals surface area contributed by atoms with E-state index in [1.165, 1.54) is 0 Å². The first kappa shape index (κ1) is 11.1. The molecule has 0 radical (unpaired) electrons. The lowest BCUT2D eigenvalue weighted by Crippen LogP contribution is -2.03. The molecule has 2 unspecified atom stereocenters. The summed E-state index contributed by atoms with van der Waals surface area (Å²) in [7, 11) is -3.77. The molecule has 0 heterocycles. The van der Waals surface area contributed by atoms with Crippen molar-refractivity contribution >= 4 is 7.68 Å². The Morgan fingerprint density at radius 1 is 1.55 bits per heavy atom. The zero-order chi connectivity index (χ0) is 8.91. The first-order chi connectivity index (χ1) is 5.02. The molecule has 4 heteroatoms. The smallest absolute Gasteiger partial charge is 0.302 e. The van der Waals surface area contributed by atoms with E-state index in [0.29, 0.717) is 12.8 Å². The van der Waals surface area contributed by atoms with Gasteiger partial charge in [0.1, 0.15) is 0 Å². The Morgan fingerprint density at radius 2 is 2.09 bits per heavy atom. The lowest BCUT2D eigenvalue weighted by molar-refractivity contribution is 0.202. The van der Waals surface area contributed by atoms with Crippen LogP contribution in [0, 0.1) is 0 Å². The predicted octanol–water partition coefficient (Wildman–Crippen LogP) is 3.37. The van der Waals surface area contributed by atoms with Crippen molar-refractivity contribution in [3.63, 3.8) is 0 Å². The Labute approximate surface area is 67.7 Å². The fraction of sp³-hybridized carbons (Fsp3) is 1.00. The summed E-state index contributed by atoms with van der Waals surface area (Å²) in [6, 6.07) is 0. The van der Waals surface area contributed by atoms with Crippen LogP contribution in [0.4, 0.5) is 4.20 Å². The minimum absolute atomic E-state index is 0.0390. The summed E-state index contributed by atoms with van der Waals surface area (Å²) in [6.45, 7) is 5.38. The van der Waals surface area contributed by atoms with Crippen molar-refractivity contribution in [3.8, 4) is 0 Å². The van der Waals surface area contributed by atoms with Gasteiger partial charge in [0.15, 0.2) is 0 Å². The summed E-state index contributed by atoms with van der Waals surface area (Å²) in [5.74, 6) is 0. The standard InChI is InChI=1S/C7H16FO2P/c1-4-6-11(8,9)10-7(3)5-2/h7H,4-6H2,1-3H3. The summed E-state index contributed by atoms with van der Waals surface area (Å²) >= 11 is 0. The van der Waals surface area contributed by atoms with Gasteiger partial charge in [-0.2, -0.15) is 4.20 Å². The second kappa shape index (κ2) is 4.89. The van der Waals surface area contributed by atoms with Crippen LogP contribution in [0.3, 0.4) is 0 Å². The average molecular weight is 182 g/mol. The van der Waals surface area contributed by atoms with Gasteiger partial charge < -0.3 is 4.52 Å². The maximum Gasteiger partial charge on any atom is 0.367 e. The molecule has 68 valence electrons. The van der Waals surface area contributed by atoms with Crippen LogP contribution in [0.2, 0.25) is 0 Å². The molecule has 2 nitrogen and oxygen atoms in total. The monoisotopic (exact) mass is 182 g/mol. The van der Waals surface area contributed by atoms with Gasteiger partial charge in [0.05, 0.1) is 12.3 Å². The van der Waals surface area contributed by atoms with E-state index in [0.717, 1.165) is 0 Å². The quantitative estimate of drug-likeness (QED) is 0.609. The molecule has 0 rings (SSSR count). The summed E-state index contributed by atoms with van der Waals surface area (Å²) in [6.07, 6.45) is 1.05. The Hall–Kier alpha value is 0.120. The lowest BCUT2D eigenvalue weighted by atomic mass is 10.3. The van der Waals surface area contributed by atoms with Crippen LogP contribution in [-0.2, 0) is 9.09 Å². The first-order valence-corrected chi connectivity index (χ1v) is 5.69. The third-order valence-electron chi connectivity index (χ3n) is 1.40. The molecule has 0 aliphatic carbocycles. The molecule has 0 amide bonds. The zero-order valence-corrected chi connectivity index (χ0v) is 8.23. The highest BCUT2D eigenvalue weighted by molar-refractivity contribution is 7.53. The van der Waals surface area contributed by atoms with Crippen LogP contribution in [0.1, 0.15) is 33.6 Å². The van der Waals surface area contributed by atoms with E-state index in [1.807, 2.05) is 6.92 Å². The van der Waals surface area contributed by atoms with Gasteiger partial charge in [-0.15, -0.1) is 0 Å². The lowest BCUT2D eigenvalue weighted by Gasteiger charge is -2.13. The molecular weight excluding hydrogens is 166 g/mol. The van der Waals surface area contributed by atoms with Gasteiger partial charge in [-0.3, -0.25) is 4.57 Å². The molecule has 0 bridgehead atoms. The largest absolute Gasteiger partial charge is 0.367 e. The second-order valence-corrected chi connectivity index (χ2v) is 4.48. The van der Waals surface area contributed by atoms with Gasteiger partial charge in [-0.05, 0) is 19.8 Å². The molecule has 0 fully saturated rings. The van der Waals surface area contributed by atoms with Crippen molar-refractivity contribution in [1.29, 1.82) is 0 Å². The second-order valence-electron chi connectivity index (χ2n) is 2.64. The van der Waals surface area contributed by atoms with Gasteiger partial charge in [0.25, 0.3) is 0 Å². The molecule has 0 saturated heterocycles. The number of hydrogen-bond acceptors (Lipinski definition) is 2. The van der Waals surface area contributed by atoms with E-state index in [1.54, 1.807) is 13.8 Å². The highest BCUT2D eigenvalue weighted by Crippen LogP contribution is 2.50. The van der Waals surface area contributed by atoms with Crippen LogP contribution in [0.15, 0.2) is 0 Å².